The van der Waals surface area contributed by atoms with E-state index in [1.807, 2.05) is 0 Å². The van der Waals surface area contributed by atoms with Gasteiger partial charge in [0.1, 0.15) is 5.75 Å². The Balaban J connectivity index is 1.87. The quantitative estimate of drug-likeness (QED) is 0.773. The summed E-state index contributed by atoms with van der Waals surface area (Å²) in [6, 6.07) is 3.13. The number of nitrogens with zero attached hydrogens (tertiary/aromatic N) is 1. The lowest BCUT2D eigenvalue weighted by atomic mass is 9.97. The molecule has 5 nitrogen and oxygen atoms in total. The topological polar surface area (TPSA) is 55.8 Å². The van der Waals surface area contributed by atoms with E-state index < -0.39 is 17.7 Å². The number of carbonyl (C=O) groups is 2. The first kappa shape index (κ1) is 18.2. The Morgan fingerprint density at radius 1 is 1.25 bits per heavy atom. The van der Waals surface area contributed by atoms with Gasteiger partial charge >= 0.3 is 5.97 Å². The fourth-order valence-electron chi connectivity index (χ4n) is 2.66. The molecule has 0 aromatic heterocycles. The molecule has 0 N–H and O–H groups in total. The third-order valence-corrected chi connectivity index (χ3v) is 3.98. The van der Waals surface area contributed by atoms with E-state index in [1.165, 1.54) is 6.07 Å². The fraction of sp³-hybridized carbons (Fsp3) is 0.529. The highest BCUT2D eigenvalue weighted by Gasteiger charge is 2.30. The van der Waals surface area contributed by atoms with Gasteiger partial charge in [0.25, 0.3) is 5.91 Å². The van der Waals surface area contributed by atoms with Crippen molar-refractivity contribution in [3.8, 4) is 5.75 Å². The van der Waals surface area contributed by atoms with E-state index in [9.17, 15) is 18.4 Å². The lowest BCUT2D eigenvalue weighted by Crippen LogP contribution is -2.45. The Bertz CT molecular complexity index is 600. The van der Waals surface area contributed by atoms with E-state index in [1.54, 1.807) is 18.7 Å². The van der Waals surface area contributed by atoms with Crippen LogP contribution in [0.5, 0.6) is 5.75 Å². The number of amides is 1. The fourth-order valence-corrected chi connectivity index (χ4v) is 2.66. The summed E-state index contributed by atoms with van der Waals surface area (Å²) in [5, 5.41) is 0. The summed E-state index contributed by atoms with van der Waals surface area (Å²) in [4.78, 5) is 25.7. The van der Waals surface area contributed by atoms with E-state index in [-0.39, 0.29) is 23.5 Å². The molecule has 0 unspecified atom stereocenters. The highest BCUT2D eigenvalue weighted by Crippen LogP contribution is 2.21. The summed E-state index contributed by atoms with van der Waals surface area (Å²) >= 11 is 0. The molecule has 7 heteroatoms. The molecule has 1 fully saturated rings. The van der Waals surface area contributed by atoms with Crippen LogP contribution in [0.3, 0.4) is 0 Å². The molecule has 1 amide bonds. The Labute approximate surface area is 139 Å². The van der Waals surface area contributed by atoms with Crippen LogP contribution < -0.4 is 4.74 Å². The number of halogens is 2. The first-order valence-corrected chi connectivity index (χ1v) is 7.99. The molecular formula is C17H21F2NO4. The summed E-state index contributed by atoms with van der Waals surface area (Å²) in [6.45, 7) is 4.54. The van der Waals surface area contributed by atoms with Gasteiger partial charge in [0.2, 0.25) is 0 Å². The van der Waals surface area contributed by atoms with Crippen LogP contribution in [0.1, 0.15) is 26.7 Å². The molecule has 132 valence electrons. The van der Waals surface area contributed by atoms with Crippen molar-refractivity contribution in [2.45, 2.75) is 32.8 Å². The van der Waals surface area contributed by atoms with Crippen LogP contribution in [-0.4, -0.2) is 42.6 Å². The second-order valence-corrected chi connectivity index (χ2v) is 5.69. The molecule has 0 aliphatic carbocycles. The lowest BCUT2D eigenvalue weighted by Gasteiger charge is -2.32. The molecule has 0 radical (unpaired) electrons. The van der Waals surface area contributed by atoms with Crippen LogP contribution in [0.2, 0.25) is 0 Å². The Kier molecular flexibility index (Phi) is 6.11. The van der Waals surface area contributed by atoms with Crippen molar-refractivity contribution in [2.24, 2.45) is 5.92 Å². The highest BCUT2D eigenvalue weighted by atomic mass is 19.2. The first-order valence-electron chi connectivity index (χ1n) is 7.99. The number of benzene rings is 1. The van der Waals surface area contributed by atoms with Gasteiger partial charge in [-0.05, 0) is 38.8 Å². The van der Waals surface area contributed by atoms with Crippen LogP contribution in [-0.2, 0) is 14.3 Å². The van der Waals surface area contributed by atoms with Gasteiger partial charge in [-0.2, -0.15) is 0 Å². The third-order valence-electron chi connectivity index (χ3n) is 3.98. The number of hydrogen-bond acceptors (Lipinski definition) is 4. The molecule has 1 aliphatic heterocycles. The zero-order chi connectivity index (χ0) is 17.7. The van der Waals surface area contributed by atoms with Crippen molar-refractivity contribution in [2.75, 3.05) is 19.7 Å². The van der Waals surface area contributed by atoms with Gasteiger partial charge in [0, 0.05) is 19.2 Å². The number of piperidine rings is 1. The maximum Gasteiger partial charge on any atom is 0.309 e. The first-order chi connectivity index (χ1) is 11.4. The monoisotopic (exact) mass is 341 g/mol. The van der Waals surface area contributed by atoms with E-state index >= 15 is 0 Å². The molecule has 0 bridgehead atoms. The molecule has 2 rings (SSSR count). The number of esters is 1. The van der Waals surface area contributed by atoms with Crippen molar-refractivity contribution in [1.82, 2.24) is 4.90 Å². The van der Waals surface area contributed by atoms with E-state index in [0.29, 0.717) is 32.5 Å². The molecule has 24 heavy (non-hydrogen) atoms. The molecule has 1 saturated heterocycles. The van der Waals surface area contributed by atoms with Crippen LogP contribution in [0.15, 0.2) is 18.2 Å². The van der Waals surface area contributed by atoms with E-state index in [0.717, 1.165) is 12.1 Å². The summed E-state index contributed by atoms with van der Waals surface area (Å²) in [7, 11) is 0. The molecule has 1 atom stereocenters. The SMILES string of the molecule is CCOC(=O)C1CCN(C(=O)[C@@H](C)Oc2ccc(F)c(F)c2)CC1. The van der Waals surface area contributed by atoms with Crippen LogP contribution in [0.4, 0.5) is 8.78 Å². The Morgan fingerprint density at radius 2 is 1.92 bits per heavy atom. The summed E-state index contributed by atoms with van der Waals surface area (Å²) < 4.78 is 36.5. The second-order valence-electron chi connectivity index (χ2n) is 5.69. The normalized spacial score (nSPS) is 16.6. The standard InChI is InChI=1S/C17H21F2NO4/c1-3-23-17(22)12-6-8-20(9-7-12)16(21)11(2)24-13-4-5-14(18)15(19)10-13/h4-5,10-12H,3,6-9H2,1-2H3/t11-/m1/s1. The van der Waals surface area contributed by atoms with Gasteiger partial charge < -0.3 is 14.4 Å². The van der Waals surface area contributed by atoms with Crippen LogP contribution in [0.25, 0.3) is 0 Å². The zero-order valence-electron chi connectivity index (χ0n) is 13.8. The third kappa shape index (κ3) is 4.43. The highest BCUT2D eigenvalue weighted by molar-refractivity contribution is 5.81. The van der Waals surface area contributed by atoms with Gasteiger partial charge in [0.05, 0.1) is 12.5 Å². The largest absolute Gasteiger partial charge is 0.481 e. The van der Waals surface area contributed by atoms with Gasteiger partial charge in [-0.1, -0.05) is 0 Å². The predicted molar refractivity (Wildman–Crippen MR) is 82.4 cm³/mol. The Hall–Kier alpha value is -2.18. The molecule has 0 spiro atoms. The van der Waals surface area contributed by atoms with Crippen molar-refractivity contribution >= 4 is 11.9 Å². The molecule has 1 aromatic rings. The maximum atomic E-state index is 13.2. The number of ether oxygens (including phenoxy) is 2. The number of likely N-dealkylation sites (tertiary alicyclic amines) is 1. The minimum atomic E-state index is -1.03. The van der Waals surface area contributed by atoms with Crippen LogP contribution in [0, 0.1) is 17.6 Å². The van der Waals surface area contributed by atoms with Gasteiger partial charge in [-0.3, -0.25) is 9.59 Å². The minimum Gasteiger partial charge on any atom is -0.481 e. The smallest absolute Gasteiger partial charge is 0.309 e. The number of rotatable bonds is 5. The van der Waals surface area contributed by atoms with E-state index in [4.69, 9.17) is 9.47 Å². The summed E-state index contributed by atoms with van der Waals surface area (Å²) in [5.74, 6) is -2.56. The second kappa shape index (κ2) is 8.08. The molecule has 1 heterocycles. The number of carbonyl (C=O) groups excluding carboxylic acids is 2. The maximum absolute atomic E-state index is 13.2. The van der Waals surface area contributed by atoms with Gasteiger partial charge in [-0.25, -0.2) is 8.78 Å². The molecule has 1 aromatic carbocycles. The average Bonchev–Trinajstić information content (AvgIpc) is 2.58. The molecule has 0 saturated carbocycles. The van der Waals surface area contributed by atoms with E-state index in [2.05, 4.69) is 0 Å². The number of hydrogen-bond donors (Lipinski definition) is 0. The summed E-state index contributed by atoms with van der Waals surface area (Å²) in [6.07, 6.45) is 0.263. The Morgan fingerprint density at radius 3 is 2.50 bits per heavy atom. The zero-order valence-corrected chi connectivity index (χ0v) is 13.8. The van der Waals surface area contributed by atoms with Gasteiger partial charge in [-0.15, -0.1) is 0 Å². The van der Waals surface area contributed by atoms with Crippen molar-refractivity contribution in [3.63, 3.8) is 0 Å². The predicted octanol–water partition coefficient (Wildman–Crippen LogP) is 2.53. The van der Waals surface area contributed by atoms with Gasteiger partial charge in [0.15, 0.2) is 17.7 Å². The van der Waals surface area contributed by atoms with Crippen molar-refractivity contribution in [1.29, 1.82) is 0 Å². The lowest BCUT2D eigenvalue weighted by molar-refractivity contribution is -0.152. The summed E-state index contributed by atoms with van der Waals surface area (Å²) in [5.41, 5.74) is 0. The minimum absolute atomic E-state index is 0.0937. The van der Waals surface area contributed by atoms with Crippen molar-refractivity contribution < 1.29 is 27.8 Å². The van der Waals surface area contributed by atoms with Crippen LogP contribution >= 0.6 is 0 Å². The average molecular weight is 341 g/mol. The van der Waals surface area contributed by atoms with Crippen molar-refractivity contribution in [3.05, 3.63) is 29.8 Å². The molecular weight excluding hydrogens is 320 g/mol. The molecule has 1 aliphatic rings.